The number of hydrogen-bond acceptors (Lipinski definition) is 4. The molecule has 1 aliphatic heterocycles. The highest BCUT2D eigenvalue weighted by Crippen LogP contribution is 2.29. The van der Waals surface area contributed by atoms with E-state index >= 15 is 0 Å². The van der Waals surface area contributed by atoms with E-state index in [1.807, 2.05) is 12.1 Å². The third-order valence-corrected chi connectivity index (χ3v) is 5.03. The minimum atomic E-state index is -0.552. The number of aromatic nitrogens is 3. The molecule has 29 heavy (non-hydrogen) atoms. The summed E-state index contributed by atoms with van der Waals surface area (Å²) in [6, 6.07) is 11.5. The lowest BCUT2D eigenvalue weighted by Gasteiger charge is -2.17. The molecule has 148 valence electrons. The Morgan fingerprint density at radius 3 is 2.72 bits per heavy atom. The minimum absolute atomic E-state index is 0.0609. The molecule has 0 spiro atoms. The average Bonchev–Trinajstić information content (AvgIpc) is 3.35. The van der Waals surface area contributed by atoms with Gasteiger partial charge >= 0.3 is 0 Å². The lowest BCUT2D eigenvalue weighted by Crippen LogP contribution is -2.28. The number of carbonyl (C=O) groups is 2. The zero-order valence-electron chi connectivity index (χ0n) is 15.3. The molecule has 2 amide bonds. The summed E-state index contributed by atoms with van der Waals surface area (Å²) in [5, 5.41) is 6.84. The van der Waals surface area contributed by atoms with Gasteiger partial charge in [-0.2, -0.15) is 5.10 Å². The Labute approximate surface area is 171 Å². The lowest BCUT2D eigenvalue weighted by atomic mass is 10.1. The second kappa shape index (κ2) is 8.00. The fourth-order valence-corrected chi connectivity index (χ4v) is 3.40. The van der Waals surface area contributed by atoms with Crippen LogP contribution < -0.4 is 10.2 Å². The summed E-state index contributed by atoms with van der Waals surface area (Å²) in [5.41, 5.74) is 2.14. The van der Waals surface area contributed by atoms with E-state index in [-0.39, 0.29) is 29.8 Å². The van der Waals surface area contributed by atoms with E-state index < -0.39 is 11.7 Å². The van der Waals surface area contributed by atoms with Gasteiger partial charge in [0.05, 0.1) is 17.5 Å². The summed E-state index contributed by atoms with van der Waals surface area (Å²) in [5.74, 6) is -1.49. The molecule has 7 nitrogen and oxygen atoms in total. The molecule has 1 saturated heterocycles. The zero-order valence-corrected chi connectivity index (χ0v) is 16.0. The van der Waals surface area contributed by atoms with Crippen LogP contribution in [0.4, 0.5) is 15.8 Å². The van der Waals surface area contributed by atoms with E-state index in [9.17, 15) is 14.0 Å². The van der Waals surface area contributed by atoms with Crippen LogP contribution in [0.3, 0.4) is 0 Å². The molecule has 0 unspecified atom stereocenters. The molecule has 9 heteroatoms. The van der Waals surface area contributed by atoms with Gasteiger partial charge < -0.3 is 10.2 Å². The Morgan fingerprint density at radius 2 is 2.03 bits per heavy atom. The number of anilines is 2. The second-order valence-electron chi connectivity index (χ2n) is 6.78. The van der Waals surface area contributed by atoms with Gasteiger partial charge in [0.25, 0.3) is 0 Å². The Hall–Kier alpha value is -3.26. The van der Waals surface area contributed by atoms with Gasteiger partial charge in [0.2, 0.25) is 11.8 Å². The minimum Gasteiger partial charge on any atom is -0.326 e. The summed E-state index contributed by atoms with van der Waals surface area (Å²) < 4.78 is 15.1. The molecule has 1 atom stereocenters. The van der Waals surface area contributed by atoms with Crippen molar-refractivity contribution in [1.82, 2.24) is 14.8 Å². The molecule has 1 aromatic heterocycles. The third-order valence-electron chi connectivity index (χ3n) is 4.74. The standard InChI is InChI=1S/C20H17ClFN5O2/c21-17-8-16(5-6-18(17)22)27-10-14(7-19(27)28)20(29)25-15-3-1-13(2-4-15)9-26-12-23-11-24-26/h1-6,8,11-12,14H,7,9-10H2,(H,25,29)/t14-/m1/s1. The normalized spacial score (nSPS) is 16.3. The van der Waals surface area contributed by atoms with Crippen LogP contribution in [0.25, 0.3) is 0 Å². The van der Waals surface area contributed by atoms with Crippen LogP contribution >= 0.6 is 11.6 Å². The summed E-state index contributed by atoms with van der Waals surface area (Å²) in [4.78, 5) is 30.3. The van der Waals surface area contributed by atoms with Crippen LogP contribution in [0.2, 0.25) is 5.02 Å². The fourth-order valence-electron chi connectivity index (χ4n) is 3.22. The molecule has 0 radical (unpaired) electrons. The van der Waals surface area contributed by atoms with Gasteiger partial charge in [-0.25, -0.2) is 14.1 Å². The van der Waals surface area contributed by atoms with Crippen molar-refractivity contribution < 1.29 is 14.0 Å². The van der Waals surface area contributed by atoms with Gasteiger partial charge in [0, 0.05) is 24.3 Å². The molecule has 1 fully saturated rings. The number of hydrogen-bond donors (Lipinski definition) is 1. The number of amides is 2. The number of halogens is 2. The maximum atomic E-state index is 13.4. The first kappa shape index (κ1) is 19.1. The first-order chi connectivity index (χ1) is 14.0. The van der Waals surface area contributed by atoms with E-state index in [1.54, 1.807) is 23.1 Å². The number of benzene rings is 2. The smallest absolute Gasteiger partial charge is 0.229 e. The van der Waals surface area contributed by atoms with Gasteiger partial charge in [-0.05, 0) is 35.9 Å². The first-order valence-electron chi connectivity index (χ1n) is 8.97. The van der Waals surface area contributed by atoms with Crippen LogP contribution in [0.5, 0.6) is 0 Å². The van der Waals surface area contributed by atoms with E-state index in [2.05, 4.69) is 15.4 Å². The Morgan fingerprint density at radius 1 is 1.24 bits per heavy atom. The van der Waals surface area contributed by atoms with Gasteiger partial charge in [0.1, 0.15) is 18.5 Å². The molecule has 4 rings (SSSR count). The number of rotatable bonds is 5. The number of nitrogens with zero attached hydrogens (tertiary/aromatic N) is 4. The fraction of sp³-hybridized carbons (Fsp3) is 0.200. The van der Waals surface area contributed by atoms with Crippen molar-refractivity contribution in [2.24, 2.45) is 5.92 Å². The molecule has 0 bridgehead atoms. The predicted molar refractivity (Wildman–Crippen MR) is 106 cm³/mol. The third kappa shape index (κ3) is 4.27. The van der Waals surface area contributed by atoms with Crippen LogP contribution in [-0.2, 0) is 16.1 Å². The first-order valence-corrected chi connectivity index (χ1v) is 9.35. The molecule has 0 saturated carbocycles. The van der Waals surface area contributed by atoms with Crippen molar-refractivity contribution in [3.8, 4) is 0 Å². The van der Waals surface area contributed by atoms with Crippen molar-refractivity contribution in [3.63, 3.8) is 0 Å². The van der Waals surface area contributed by atoms with E-state index in [0.29, 0.717) is 17.9 Å². The van der Waals surface area contributed by atoms with Gasteiger partial charge in [-0.3, -0.25) is 9.59 Å². The number of nitrogens with one attached hydrogen (secondary N) is 1. The monoisotopic (exact) mass is 413 g/mol. The molecule has 2 heterocycles. The van der Waals surface area contributed by atoms with Gasteiger partial charge in [-0.15, -0.1) is 0 Å². The molecule has 0 aliphatic carbocycles. The predicted octanol–water partition coefficient (Wildman–Crippen LogP) is 3.11. The summed E-state index contributed by atoms with van der Waals surface area (Å²) in [6.45, 7) is 0.803. The quantitative estimate of drug-likeness (QED) is 0.697. The second-order valence-corrected chi connectivity index (χ2v) is 7.19. The Kier molecular flexibility index (Phi) is 5.26. The van der Waals surface area contributed by atoms with Crippen molar-refractivity contribution in [2.45, 2.75) is 13.0 Å². The molecular weight excluding hydrogens is 397 g/mol. The van der Waals surface area contributed by atoms with Crippen LogP contribution in [0, 0.1) is 11.7 Å². The Balaban J connectivity index is 1.38. The topological polar surface area (TPSA) is 80.1 Å². The summed E-state index contributed by atoms with van der Waals surface area (Å²) in [7, 11) is 0. The van der Waals surface area contributed by atoms with Gasteiger partial charge in [0.15, 0.2) is 0 Å². The van der Waals surface area contributed by atoms with E-state index in [0.717, 1.165) is 5.56 Å². The Bertz CT molecular complexity index is 1040. The van der Waals surface area contributed by atoms with Crippen LogP contribution in [0.15, 0.2) is 55.1 Å². The van der Waals surface area contributed by atoms with Crippen molar-refractivity contribution in [3.05, 3.63) is 71.5 Å². The molecule has 1 aliphatic rings. The highest BCUT2D eigenvalue weighted by Gasteiger charge is 2.35. The van der Waals surface area contributed by atoms with E-state index in [4.69, 9.17) is 11.6 Å². The zero-order chi connectivity index (χ0) is 20.4. The van der Waals surface area contributed by atoms with Crippen molar-refractivity contribution in [2.75, 3.05) is 16.8 Å². The summed E-state index contributed by atoms with van der Waals surface area (Å²) in [6.07, 6.45) is 3.19. The molecule has 1 N–H and O–H groups in total. The average molecular weight is 414 g/mol. The van der Waals surface area contributed by atoms with Crippen molar-refractivity contribution >= 4 is 34.8 Å². The van der Waals surface area contributed by atoms with Crippen LogP contribution in [0.1, 0.15) is 12.0 Å². The molecule has 3 aromatic rings. The SMILES string of the molecule is O=C(Nc1ccc(Cn2cncn2)cc1)[C@@H]1CC(=O)N(c2ccc(F)c(Cl)c2)C1. The van der Waals surface area contributed by atoms with Crippen molar-refractivity contribution in [1.29, 1.82) is 0 Å². The summed E-state index contributed by atoms with van der Waals surface area (Å²) >= 11 is 5.80. The molecule has 2 aromatic carbocycles. The maximum absolute atomic E-state index is 13.4. The van der Waals surface area contributed by atoms with Gasteiger partial charge in [-0.1, -0.05) is 23.7 Å². The highest BCUT2D eigenvalue weighted by molar-refractivity contribution is 6.31. The van der Waals surface area contributed by atoms with Crippen LogP contribution in [-0.4, -0.2) is 33.1 Å². The largest absolute Gasteiger partial charge is 0.326 e. The lowest BCUT2D eigenvalue weighted by molar-refractivity contribution is -0.122. The molecular formula is C20H17ClFN5O2. The highest BCUT2D eigenvalue weighted by atomic mass is 35.5. The van der Waals surface area contributed by atoms with E-state index in [1.165, 1.54) is 29.4 Å². The number of carbonyl (C=O) groups excluding carboxylic acids is 2. The maximum Gasteiger partial charge on any atom is 0.229 e.